The number of rotatable bonds is 3. The van der Waals surface area contributed by atoms with Crippen LogP contribution in [-0.4, -0.2) is 19.6 Å². The lowest BCUT2D eigenvalue weighted by Gasteiger charge is -2.02. The molecule has 1 aromatic carbocycles. The van der Waals surface area contributed by atoms with Crippen molar-refractivity contribution < 1.29 is 9.85 Å². The van der Waals surface area contributed by atoms with Crippen molar-refractivity contribution in [2.45, 2.75) is 0 Å². The van der Waals surface area contributed by atoms with Gasteiger partial charge in [-0.1, -0.05) is 0 Å². The Morgan fingerprint density at radius 3 is 2.42 bits per heavy atom. The van der Waals surface area contributed by atoms with Crippen LogP contribution in [0.15, 0.2) is 30.6 Å². The van der Waals surface area contributed by atoms with Crippen molar-refractivity contribution in [1.29, 1.82) is 5.26 Å². The van der Waals surface area contributed by atoms with E-state index in [1.54, 1.807) is 6.07 Å². The van der Waals surface area contributed by atoms with Gasteiger partial charge in [0.15, 0.2) is 0 Å². The maximum atomic E-state index is 10.6. The van der Waals surface area contributed by atoms with Gasteiger partial charge in [0.2, 0.25) is 0 Å². The highest BCUT2D eigenvalue weighted by molar-refractivity contribution is 5.54. The van der Waals surface area contributed by atoms with Crippen LogP contribution in [0, 0.1) is 31.6 Å². The summed E-state index contributed by atoms with van der Waals surface area (Å²) >= 11 is 0. The molecule has 0 saturated heterocycles. The first-order valence-electron chi connectivity index (χ1n) is 4.91. The molecule has 0 spiro atoms. The van der Waals surface area contributed by atoms with E-state index < -0.39 is 9.85 Å². The highest BCUT2D eigenvalue weighted by Gasteiger charge is 2.15. The Hall–Kier alpha value is -3.28. The fraction of sp³-hybridized carbons (Fsp3) is 0. The molecule has 94 valence electrons. The molecule has 0 fully saturated rings. The van der Waals surface area contributed by atoms with Crippen molar-refractivity contribution in [3.63, 3.8) is 0 Å². The zero-order valence-electron chi connectivity index (χ0n) is 9.26. The molecular weight excluding hydrogens is 254 g/mol. The van der Waals surface area contributed by atoms with Crippen molar-refractivity contribution >= 4 is 11.4 Å². The second-order valence-corrected chi connectivity index (χ2v) is 3.47. The average molecular weight is 259 g/mol. The highest BCUT2D eigenvalue weighted by Crippen LogP contribution is 2.21. The quantitative estimate of drug-likeness (QED) is 0.607. The minimum absolute atomic E-state index is 0.00666. The van der Waals surface area contributed by atoms with Gasteiger partial charge in [0, 0.05) is 12.1 Å². The highest BCUT2D eigenvalue weighted by atomic mass is 16.6. The van der Waals surface area contributed by atoms with E-state index in [-0.39, 0.29) is 22.6 Å². The van der Waals surface area contributed by atoms with E-state index in [1.165, 1.54) is 12.1 Å². The summed E-state index contributed by atoms with van der Waals surface area (Å²) in [6, 6.07) is 5.39. The van der Waals surface area contributed by atoms with Crippen LogP contribution in [0.25, 0.3) is 5.69 Å². The van der Waals surface area contributed by atoms with Crippen molar-refractivity contribution in [2.24, 2.45) is 0 Å². The van der Waals surface area contributed by atoms with E-state index in [0.717, 1.165) is 23.1 Å². The Labute approximate surface area is 105 Å². The third kappa shape index (κ3) is 2.22. The molecular formula is C10H5N5O4. The number of benzene rings is 1. The van der Waals surface area contributed by atoms with Crippen LogP contribution in [0.3, 0.4) is 0 Å². The van der Waals surface area contributed by atoms with Gasteiger partial charge < -0.3 is 0 Å². The van der Waals surface area contributed by atoms with Crippen molar-refractivity contribution in [3.8, 4) is 11.8 Å². The largest absolute Gasteiger partial charge is 0.307 e. The molecule has 0 radical (unpaired) electrons. The van der Waals surface area contributed by atoms with Crippen molar-refractivity contribution in [3.05, 3.63) is 56.4 Å². The number of hydrogen-bond acceptors (Lipinski definition) is 6. The summed E-state index contributed by atoms with van der Waals surface area (Å²) in [6.07, 6.45) is 2.16. The molecule has 0 atom stereocenters. The van der Waals surface area contributed by atoms with Crippen LogP contribution < -0.4 is 0 Å². The average Bonchev–Trinajstić information content (AvgIpc) is 2.87. The normalized spacial score (nSPS) is 9.84. The van der Waals surface area contributed by atoms with Gasteiger partial charge in [0.05, 0.1) is 21.1 Å². The number of non-ortho nitro benzene ring substituents is 1. The van der Waals surface area contributed by atoms with E-state index in [4.69, 9.17) is 5.26 Å². The molecule has 2 rings (SSSR count). The Balaban J connectivity index is 2.53. The number of nitro groups is 2. The second-order valence-electron chi connectivity index (χ2n) is 3.47. The first-order chi connectivity index (χ1) is 9.02. The molecule has 0 aliphatic carbocycles. The fourth-order valence-electron chi connectivity index (χ4n) is 1.47. The minimum Gasteiger partial charge on any atom is -0.258 e. The van der Waals surface area contributed by atoms with E-state index in [0.29, 0.717) is 0 Å². The molecule has 0 unspecified atom stereocenters. The first kappa shape index (κ1) is 12.2. The number of aromatic nitrogens is 2. The molecule has 0 saturated carbocycles. The summed E-state index contributed by atoms with van der Waals surface area (Å²) in [6.45, 7) is 0. The summed E-state index contributed by atoms with van der Waals surface area (Å²) in [4.78, 5) is 19.9. The van der Waals surface area contributed by atoms with Gasteiger partial charge in [-0.15, -0.1) is 0 Å². The second kappa shape index (κ2) is 4.53. The predicted octanol–water partition coefficient (Wildman–Crippen LogP) is 1.56. The predicted molar refractivity (Wildman–Crippen MR) is 61.6 cm³/mol. The van der Waals surface area contributed by atoms with Crippen LogP contribution in [0.4, 0.5) is 11.4 Å². The zero-order valence-corrected chi connectivity index (χ0v) is 9.26. The molecule has 0 N–H and O–H groups in total. The minimum atomic E-state index is -0.629. The van der Waals surface area contributed by atoms with Gasteiger partial charge in [0.1, 0.15) is 18.5 Å². The number of nitriles is 1. The van der Waals surface area contributed by atoms with Crippen LogP contribution >= 0.6 is 0 Å². The van der Waals surface area contributed by atoms with Gasteiger partial charge in [-0.3, -0.25) is 20.2 Å². The van der Waals surface area contributed by atoms with Crippen LogP contribution in [0.5, 0.6) is 0 Å². The molecule has 0 bridgehead atoms. The maximum Gasteiger partial charge on any atom is 0.307 e. The summed E-state index contributed by atoms with van der Waals surface area (Å²) < 4.78 is 1.13. The molecule has 9 nitrogen and oxygen atoms in total. The smallest absolute Gasteiger partial charge is 0.258 e. The number of nitro benzene ring substituents is 1. The Morgan fingerprint density at radius 1 is 1.21 bits per heavy atom. The molecule has 0 aliphatic rings. The van der Waals surface area contributed by atoms with Gasteiger partial charge in [0.25, 0.3) is 5.69 Å². The molecule has 1 heterocycles. The molecule has 0 amide bonds. The summed E-state index contributed by atoms with van der Waals surface area (Å²) in [5, 5.41) is 33.8. The Morgan fingerprint density at radius 2 is 1.89 bits per heavy atom. The zero-order chi connectivity index (χ0) is 14.0. The SMILES string of the molecule is N#Cc1cc([N+](=O)[O-])ccc1-n1cc([N+](=O)[O-])cn1. The third-order valence-electron chi connectivity index (χ3n) is 2.34. The van der Waals surface area contributed by atoms with Crippen LogP contribution in [0.2, 0.25) is 0 Å². The monoisotopic (exact) mass is 259 g/mol. The van der Waals surface area contributed by atoms with Crippen molar-refractivity contribution in [1.82, 2.24) is 9.78 Å². The summed E-state index contributed by atoms with van der Waals surface area (Å²) in [7, 11) is 0. The topological polar surface area (TPSA) is 128 Å². The standard InChI is InChI=1S/C10H5N5O4/c11-4-7-3-8(14(16)17)1-2-10(7)13-6-9(5-12-13)15(18)19/h1-3,5-6H. The Bertz CT molecular complexity index is 715. The lowest BCUT2D eigenvalue weighted by atomic mass is 10.2. The van der Waals surface area contributed by atoms with Gasteiger partial charge >= 0.3 is 5.69 Å². The van der Waals surface area contributed by atoms with E-state index in [1.807, 2.05) is 0 Å². The summed E-state index contributed by atoms with van der Waals surface area (Å²) in [5.41, 5.74) is -0.224. The van der Waals surface area contributed by atoms with Gasteiger partial charge in [-0.25, -0.2) is 4.68 Å². The lowest BCUT2D eigenvalue weighted by Crippen LogP contribution is -1.99. The maximum absolute atomic E-state index is 10.6. The van der Waals surface area contributed by atoms with E-state index >= 15 is 0 Å². The molecule has 9 heteroatoms. The van der Waals surface area contributed by atoms with E-state index in [9.17, 15) is 20.2 Å². The van der Waals surface area contributed by atoms with Crippen LogP contribution in [-0.2, 0) is 0 Å². The molecule has 2 aromatic rings. The number of hydrogen-bond donors (Lipinski definition) is 0. The first-order valence-corrected chi connectivity index (χ1v) is 4.91. The van der Waals surface area contributed by atoms with Crippen molar-refractivity contribution in [2.75, 3.05) is 0 Å². The molecule has 1 aromatic heterocycles. The Kier molecular flexibility index (Phi) is 2.91. The lowest BCUT2D eigenvalue weighted by molar-refractivity contribution is -0.385. The van der Waals surface area contributed by atoms with Crippen LogP contribution in [0.1, 0.15) is 5.56 Å². The molecule has 19 heavy (non-hydrogen) atoms. The summed E-state index contributed by atoms with van der Waals surface area (Å²) in [5.74, 6) is 0. The van der Waals surface area contributed by atoms with Gasteiger partial charge in [-0.05, 0) is 6.07 Å². The van der Waals surface area contributed by atoms with Gasteiger partial charge in [-0.2, -0.15) is 10.4 Å². The fourth-order valence-corrected chi connectivity index (χ4v) is 1.47. The third-order valence-corrected chi connectivity index (χ3v) is 2.34. The molecule has 0 aliphatic heterocycles. The van der Waals surface area contributed by atoms with E-state index in [2.05, 4.69) is 5.10 Å². The number of nitrogens with zero attached hydrogens (tertiary/aromatic N) is 5.